The van der Waals surface area contributed by atoms with Gasteiger partial charge in [0.1, 0.15) is 11.9 Å². The van der Waals surface area contributed by atoms with Crippen LogP contribution in [0, 0.1) is 29.1 Å². The van der Waals surface area contributed by atoms with Gasteiger partial charge in [-0.2, -0.15) is 13.2 Å². The van der Waals surface area contributed by atoms with Crippen molar-refractivity contribution in [2.75, 3.05) is 13.7 Å². The van der Waals surface area contributed by atoms with Gasteiger partial charge in [-0.15, -0.1) is 0 Å². The highest BCUT2D eigenvalue weighted by molar-refractivity contribution is 7.91. The summed E-state index contributed by atoms with van der Waals surface area (Å²) < 4.78 is 133. The Morgan fingerprint density at radius 1 is 1.12 bits per heavy atom. The van der Waals surface area contributed by atoms with Gasteiger partial charge >= 0.3 is 12.1 Å². The molecule has 2 saturated carbocycles. The average Bonchev–Trinajstić information content (AvgIpc) is 4.05. The number of allylic oxidation sites excluding steroid dienone is 2. The standard InChI is InChI=1S/C41H52F3N3O9S/c1-24-9-7-8-10-27-21-40(27,37(51)46-57(52,53)39(5)14-15-39)22-33(48)32-19-29(55-35-30-12-11-28(54-6)18-26(30)13-16-45-35)23-47(32)36(50)31(25(2)17-24)20-34(49)56-38(3,4)41(42,43)44/h8,10-13,16,18,24-25,27,29,31-32H,7,9,14-15,17,19-23H2,1-6H3,(H,46,51)/b10-8-/t24-,25+,27+,29+,31-,32?,40+/m0/s1/i3D3,4D3. The molecule has 57 heavy (non-hydrogen) atoms. The topological polar surface area (TPSA) is 158 Å². The first-order valence-electron chi connectivity index (χ1n) is 22.0. The van der Waals surface area contributed by atoms with Crippen LogP contribution in [-0.4, -0.2) is 84.2 Å². The fourth-order valence-electron chi connectivity index (χ4n) is 8.04. The fraction of sp³-hybridized carbons (Fsp3) is 0.634. The molecule has 2 aliphatic carbocycles. The molecule has 7 atom stereocenters. The van der Waals surface area contributed by atoms with E-state index in [1.807, 2.05) is 13.0 Å². The predicted molar refractivity (Wildman–Crippen MR) is 203 cm³/mol. The summed E-state index contributed by atoms with van der Waals surface area (Å²) in [6.45, 7) is -4.22. The average molecular weight is 826 g/mol. The number of ether oxygens (including phenoxy) is 3. The number of methoxy groups -OCH3 is 1. The van der Waals surface area contributed by atoms with Crippen molar-refractivity contribution in [3.63, 3.8) is 0 Å². The Labute approximate surface area is 339 Å². The number of benzene rings is 1. The van der Waals surface area contributed by atoms with Crippen molar-refractivity contribution in [2.24, 2.45) is 29.1 Å². The highest BCUT2D eigenvalue weighted by Crippen LogP contribution is 2.58. The lowest BCUT2D eigenvalue weighted by molar-refractivity contribution is -0.257. The lowest BCUT2D eigenvalue weighted by Gasteiger charge is -2.33. The summed E-state index contributed by atoms with van der Waals surface area (Å²) in [5.41, 5.74) is -6.43. The molecule has 0 bridgehead atoms. The van der Waals surface area contributed by atoms with Crippen LogP contribution in [0.2, 0.25) is 0 Å². The van der Waals surface area contributed by atoms with Gasteiger partial charge in [0.25, 0.3) is 0 Å². The molecule has 2 aliphatic heterocycles. The molecule has 2 aromatic rings. The molecule has 12 nitrogen and oxygen atoms in total. The lowest BCUT2D eigenvalue weighted by atomic mass is 9.82. The van der Waals surface area contributed by atoms with Crippen molar-refractivity contribution in [3.8, 4) is 11.6 Å². The van der Waals surface area contributed by atoms with Gasteiger partial charge in [0.2, 0.25) is 33.3 Å². The number of halogens is 3. The van der Waals surface area contributed by atoms with Crippen molar-refractivity contribution < 1.29 is 63.2 Å². The summed E-state index contributed by atoms with van der Waals surface area (Å²) in [7, 11) is -2.62. The molecule has 312 valence electrons. The SMILES string of the molecule is [2H]C([2H])([2H])C(OC(=O)C[C@@H]1C(=O)N2C[C@H](Oc3nccc4cc(OC)ccc34)CC2C(=O)C[C@]2(C(=O)NS(=O)(=O)C3(C)CC3)C[C@H]2/C=C\CC[C@H](C)C[C@H]1C)(C([2H])([2H])[2H])C(F)(F)F. The minimum absolute atomic E-state index is 0.130. The Kier molecular flexibility index (Phi) is 9.47. The van der Waals surface area contributed by atoms with E-state index >= 15 is 0 Å². The van der Waals surface area contributed by atoms with Crippen LogP contribution < -0.4 is 14.2 Å². The number of aromatic nitrogens is 1. The number of fused-ring (bicyclic) bond motifs is 3. The minimum atomic E-state index is -6.10. The van der Waals surface area contributed by atoms with Crippen LogP contribution in [0.4, 0.5) is 13.2 Å². The molecule has 3 heterocycles. The van der Waals surface area contributed by atoms with Gasteiger partial charge in [0.05, 0.1) is 42.2 Å². The molecule has 1 unspecified atom stereocenters. The highest BCUT2D eigenvalue weighted by atomic mass is 32.2. The molecular formula is C41H52F3N3O9S. The summed E-state index contributed by atoms with van der Waals surface area (Å²) in [6, 6.07) is 5.46. The van der Waals surface area contributed by atoms with Gasteiger partial charge in [-0.3, -0.25) is 23.9 Å². The predicted octanol–water partition coefficient (Wildman–Crippen LogP) is 6.46. The van der Waals surface area contributed by atoms with E-state index in [2.05, 4.69) is 14.4 Å². The Balaban J connectivity index is 1.39. The number of pyridine rings is 1. The van der Waals surface area contributed by atoms with Crippen molar-refractivity contribution >= 4 is 44.4 Å². The smallest absolute Gasteiger partial charge is 0.427 e. The van der Waals surface area contributed by atoms with Crippen LogP contribution >= 0.6 is 0 Å². The molecule has 1 aromatic heterocycles. The number of carbonyl (C=O) groups excluding carboxylic acids is 4. The minimum Gasteiger partial charge on any atom is -0.497 e. The number of Topliss-reactive ketones (excluding diaryl/α,β-unsaturated/α-hetero) is 1. The number of rotatable bonds is 9. The van der Waals surface area contributed by atoms with Crippen molar-refractivity contribution in [1.82, 2.24) is 14.6 Å². The zero-order valence-electron chi connectivity index (χ0n) is 38.2. The first kappa shape index (κ1) is 34.8. The lowest BCUT2D eigenvalue weighted by Crippen LogP contribution is -2.48. The van der Waals surface area contributed by atoms with E-state index in [4.69, 9.17) is 17.7 Å². The maximum atomic E-state index is 15.0. The zero-order valence-corrected chi connectivity index (χ0v) is 33.0. The molecule has 1 aromatic carbocycles. The Hall–Kier alpha value is -4.21. The highest BCUT2D eigenvalue weighted by Gasteiger charge is 2.63. The number of nitrogens with one attached hydrogen (secondary N) is 1. The van der Waals surface area contributed by atoms with Crippen LogP contribution in [0.5, 0.6) is 11.6 Å². The van der Waals surface area contributed by atoms with Crippen molar-refractivity contribution in [3.05, 3.63) is 42.6 Å². The van der Waals surface area contributed by atoms with E-state index < -0.39 is 112 Å². The molecule has 4 aliphatic rings. The van der Waals surface area contributed by atoms with Crippen LogP contribution in [0.15, 0.2) is 42.6 Å². The molecule has 2 amide bonds. The van der Waals surface area contributed by atoms with E-state index in [-0.39, 0.29) is 37.6 Å². The number of sulfonamides is 1. The summed E-state index contributed by atoms with van der Waals surface area (Å²) >= 11 is 0. The summed E-state index contributed by atoms with van der Waals surface area (Å²) in [4.78, 5) is 62.8. The third-order valence-electron chi connectivity index (χ3n) is 12.1. The second kappa shape index (κ2) is 15.5. The van der Waals surface area contributed by atoms with Crippen LogP contribution in [0.25, 0.3) is 10.8 Å². The summed E-state index contributed by atoms with van der Waals surface area (Å²) in [5.74, 6) is -6.74. The summed E-state index contributed by atoms with van der Waals surface area (Å²) in [6.07, 6.45) is -1.84. The van der Waals surface area contributed by atoms with Crippen molar-refractivity contribution in [1.29, 1.82) is 0 Å². The number of hydrogen-bond acceptors (Lipinski definition) is 10. The molecule has 3 fully saturated rings. The molecule has 1 saturated heterocycles. The maximum Gasteiger partial charge on any atom is 0.427 e. The van der Waals surface area contributed by atoms with Gasteiger partial charge in [0, 0.05) is 32.6 Å². The number of carbonyl (C=O) groups is 4. The Morgan fingerprint density at radius 3 is 2.53 bits per heavy atom. The molecule has 6 rings (SSSR count). The number of nitrogens with zero attached hydrogens (tertiary/aromatic N) is 2. The van der Waals surface area contributed by atoms with Crippen molar-refractivity contribution in [2.45, 2.75) is 121 Å². The van der Waals surface area contributed by atoms with Gasteiger partial charge in [-0.25, -0.2) is 13.4 Å². The molecule has 16 heteroatoms. The molecule has 0 radical (unpaired) electrons. The molecular weight excluding hydrogens is 768 g/mol. The van der Waals surface area contributed by atoms with Crippen LogP contribution in [0.1, 0.15) is 100 Å². The van der Waals surface area contributed by atoms with E-state index in [0.29, 0.717) is 42.2 Å². The molecule has 0 spiro atoms. The van der Waals surface area contributed by atoms with E-state index in [1.54, 1.807) is 37.3 Å². The first-order chi connectivity index (χ1) is 29.1. The number of esters is 1. The third-order valence-corrected chi connectivity index (χ3v) is 14.2. The number of hydrogen-bond donors (Lipinski definition) is 1. The first-order valence-corrected chi connectivity index (χ1v) is 20.5. The summed E-state index contributed by atoms with van der Waals surface area (Å²) in [5, 5.41) is 1.23. The Morgan fingerprint density at radius 2 is 1.86 bits per heavy atom. The zero-order chi connectivity index (χ0) is 46.7. The van der Waals surface area contributed by atoms with Crippen LogP contribution in [0.3, 0.4) is 0 Å². The number of amides is 2. The largest absolute Gasteiger partial charge is 0.497 e. The van der Waals surface area contributed by atoms with Gasteiger partial charge < -0.3 is 19.1 Å². The monoisotopic (exact) mass is 825 g/mol. The second-order valence-corrected chi connectivity index (χ2v) is 18.7. The van der Waals surface area contributed by atoms with Gasteiger partial charge in [-0.05, 0) is 107 Å². The van der Waals surface area contributed by atoms with Gasteiger partial charge in [0.15, 0.2) is 5.78 Å². The van der Waals surface area contributed by atoms with E-state index in [1.165, 1.54) is 20.2 Å². The quantitative estimate of drug-likeness (QED) is 0.220. The fourth-order valence-corrected chi connectivity index (χ4v) is 9.38. The second-order valence-electron chi connectivity index (χ2n) is 16.5. The number of ketones is 1. The number of alkyl halides is 3. The van der Waals surface area contributed by atoms with E-state index in [9.17, 15) is 40.8 Å². The molecule has 1 N–H and O–H groups in total. The van der Waals surface area contributed by atoms with Gasteiger partial charge in [-0.1, -0.05) is 26.0 Å². The maximum absolute atomic E-state index is 15.0. The van der Waals surface area contributed by atoms with Crippen LogP contribution in [-0.2, 0) is 33.9 Å². The third kappa shape index (κ3) is 8.80. The normalized spacial score (nSPS) is 31.9. The Bertz CT molecular complexity index is 2230. The van der Waals surface area contributed by atoms with E-state index in [0.717, 1.165) is 4.90 Å².